The number of hydrogen-bond donors (Lipinski definition) is 1. The Hall–Kier alpha value is -1.51. The second-order valence-electron chi connectivity index (χ2n) is 3.16. The lowest BCUT2D eigenvalue weighted by Gasteiger charge is -2.03. The van der Waals surface area contributed by atoms with Crippen LogP contribution in [0.25, 0.3) is 0 Å². The summed E-state index contributed by atoms with van der Waals surface area (Å²) in [5.74, 6) is -0.0817. The highest BCUT2D eigenvalue weighted by Crippen LogP contribution is 2.15. The summed E-state index contributed by atoms with van der Waals surface area (Å²) in [5, 5.41) is 9.28. The number of carbonyl (C=O) groups excluding carboxylic acids is 1. The van der Waals surface area contributed by atoms with Crippen molar-refractivity contribution < 1.29 is 14.6 Å². The number of hydrogen-bond acceptors (Lipinski definition) is 3. The lowest BCUT2D eigenvalue weighted by atomic mass is 10.1. The molecule has 1 aromatic rings. The van der Waals surface area contributed by atoms with E-state index in [9.17, 15) is 9.90 Å². The molecule has 0 aliphatic heterocycles. The Kier molecular flexibility index (Phi) is 3.51. The minimum absolute atomic E-state index is 0.185. The van der Waals surface area contributed by atoms with Crippen LogP contribution in [0.5, 0.6) is 5.75 Å². The minimum atomic E-state index is -0.266. The fraction of sp³-hybridized carbons (Fsp3) is 0.364. The third-order valence-corrected chi connectivity index (χ3v) is 1.78. The molecule has 0 aromatic heterocycles. The molecule has 0 heterocycles. The summed E-state index contributed by atoms with van der Waals surface area (Å²) in [5.41, 5.74) is 1.71. The van der Waals surface area contributed by atoms with Crippen molar-refractivity contribution in [1.29, 1.82) is 0 Å². The number of esters is 1. The van der Waals surface area contributed by atoms with Crippen LogP contribution >= 0.6 is 0 Å². The van der Waals surface area contributed by atoms with Gasteiger partial charge < -0.3 is 9.84 Å². The molecule has 76 valence electrons. The molecule has 0 bridgehead atoms. The first-order chi connectivity index (χ1) is 6.61. The molecule has 0 spiro atoms. The molecule has 0 aliphatic carbocycles. The molecule has 3 nitrogen and oxygen atoms in total. The molecule has 0 aliphatic rings. The van der Waals surface area contributed by atoms with Gasteiger partial charge in [0.2, 0.25) is 0 Å². The largest absolute Gasteiger partial charge is 0.508 e. The molecule has 1 N–H and O–H groups in total. The predicted molar refractivity (Wildman–Crippen MR) is 53.2 cm³/mol. The second kappa shape index (κ2) is 4.65. The van der Waals surface area contributed by atoms with Crippen LogP contribution in [-0.2, 0) is 16.0 Å². The Balaban J connectivity index is 2.71. The molecule has 0 fully saturated rings. The minimum Gasteiger partial charge on any atom is -0.508 e. The lowest BCUT2D eigenvalue weighted by Crippen LogP contribution is -2.07. The van der Waals surface area contributed by atoms with Crippen molar-refractivity contribution in [3.8, 4) is 5.75 Å². The van der Waals surface area contributed by atoms with Crippen molar-refractivity contribution in [3.63, 3.8) is 0 Å². The van der Waals surface area contributed by atoms with Gasteiger partial charge in [-0.25, -0.2) is 0 Å². The van der Waals surface area contributed by atoms with Crippen molar-refractivity contribution in [1.82, 2.24) is 0 Å². The standard InChI is InChI=1S/C11H14O3/c1-3-14-11(13)7-9-4-8(2)5-10(12)6-9/h4-6,12H,3,7H2,1-2H3. The van der Waals surface area contributed by atoms with Crippen molar-refractivity contribution in [2.75, 3.05) is 6.61 Å². The van der Waals surface area contributed by atoms with Gasteiger partial charge in [-0.1, -0.05) is 6.07 Å². The molecule has 14 heavy (non-hydrogen) atoms. The van der Waals surface area contributed by atoms with Crippen LogP contribution < -0.4 is 0 Å². The van der Waals surface area contributed by atoms with Gasteiger partial charge in [-0.15, -0.1) is 0 Å². The Labute approximate surface area is 83.3 Å². The molecule has 0 unspecified atom stereocenters. The van der Waals surface area contributed by atoms with Crippen LogP contribution in [-0.4, -0.2) is 17.7 Å². The molecule has 0 saturated heterocycles. The molecule has 1 aromatic carbocycles. The quantitative estimate of drug-likeness (QED) is 0.746. The maximum Gasteiger partial charge on any atom is 0.310 e. The summed E-state index contributed by atoms with van der Waals surface area (Å²) in [6, 6.07) is 5.08. The van der Waals surface area contributed by atoms with Gasteiger partial charge in [0.15, 0.2) is 0 Å². The topological polar surface area (TPSA) is 46.5 Å². The van der Waals surface area contributed by atoms with E-state index < -0.39 is 0 Å². The molecule has 0 atom stereocenters. The van der Waals surface area contributed by atoms with E-state index in [1.165, 1.54) is 0 Å². The summed E-state index contributed by atoms with van der Waals surface area (Å²) < 4.78 is 4.80. The zero-order valence-electron chi connectivity index (χ0n) is 8.41. The molecular weight excluding hydrogens is 180 g/mol. The highest BCUT2D eigenvalue weighted by molar-refractivity contribution is 5.72. The Bertz CT molecular complexity index is 311. The average Bonchev–Trinajstić information content (AvgIpc) is 2.01. The molecule has 0 saturated carbocycles. The number of carbonyl (C=O) groups is 1. The van der Waals surface area contributed by atoms with E-state index in [4.69, 9.17) is 4.74 Å². The predicted octanol–water partition coefficient (Wildman–Crippen LogP) is 1.81. The highest BCUT2D eigenvalue weighted by atomic mass is 16.5. The summed E-state index contributed by atoms with van der Waals surface area (Å²) in [7, 11) is 0. The van der Waals surface area contributed by atoms with Gasteiger partial charge in [0.05, 0.1) is 13.0 Å². The number of aryl methyl sites for hydroxylation is 1. The van der Waals surface area contributed by atoms with E-state index in [2.05, 4.69) is 0 Å². The fourth-order valence-electron chi connectivity index (χ4n) is 1.32. The smallest absolute Gasteiger partial charge is 0.310 e. The number of phenols is 1. The first-order valence-electron chi connectivity index (χ1n) is 4.57. The Morgan fingerprint density at radius 3 is 2.71 bits per heavy atom. The van der Waals surface area contributed by atoms with Crippen molar-refractivity contribution in [3.05, 3.63) is 29.3 Å². The first kappa shape index (κ1) is 10.6. The van der Waals surface area contributed by atoms with E-state index in [-0.39, 0.29) is 18.1 Å². The van der Waals surface area contributed by atoms with Crippen molar-refractivity contribution in [2.24, 2.45) is 0 Å². The second-order valence-corrected chi connectivity index (χ2v) is 3.16. The number of rotatable bonds is 3. The van der Waals surface area contributed by atoms with Gasteiger partial charge in [-0.2, -0.15) is 0 Å². The van der Waals surface area contributed by atoms with Gasteiger partial charge in [0, 0.05) is 0 Å². The van der Waals surface area contributed by atoms with Crippen LogP contribution in [0, 0.1) is 6.92 Å². The maximum atomic E-state index is 11.1. The number of phenolic OH excluding ortho intramolecular Hbond substituents is 1. The Morgan fingerprint density at radius 2 is 2.14 bits per heavy atom. The normalized spacial score (nSPS) is 9.86. The molecule has 1 rings (SSSR count). The SMILES string of the molecule is CCOC(=O)Cc1cc(C)cc(O)c1. The maximum absolute atomic E-state index is 11.1. The van der Waals surface area contributed by atoms with Crippen LogP contribution in [0.1, 0.15) is 18.1 Å². The van der Waals surface area contributed by atoms with E-state index in [1.807, 2.05) is 13.0 Å². The van der Waals surface area contributed by atoms with E-state index >= 15 is 0 Å². The highest BCUT2D eigenvalue weighted by Gasteiger charge is 2.05. The zero-order valence-corrected chi connectivity index (χ0v) is 8.41. The van der Waals surface area contributed by atoms with Gasteiger partial charge in [0.1, 0.15) is 5.75 Å². The number of ether oxygens (including phenoxy) is 1. The third kappa shape index (κ3) is 3.09. The number of aromatic hydroxyl groups is 1. The Morgan fingerprint density at radius 1 is 1.43 bits per heavy atom. The molecule has 3 heteroatoms. The van der Waals surface area contributed by atoms with Crippen LogP contribution in [0.3, 0.4) is 0 Å². The summed E-state index contributed by atoms with van der Waals surface area (Å²) in [6.45, 7) is 4.02. The molecular formula is C11H14O3. The van der Waals surface area contributed by atoms with Gasteiger partial charge in [-0.3, -0.25) is 4.79 Å². The van der Waals surface area contributed by atoms with Crippen LogP contribution in [0.15, 0.2) is 18.2 Å². The monoisotopic (exact) mass is 194 g/mol. The summed E-state index contributed by atoms with van der Waals surface area (Å²) >= 11 is 0. The van der Waals surface area contributed by atoms with Crippen molar-refractivity contribution >= 4 is 5.97 Å². The molecule has 0 amide bonds. The summed E-state index contributed by atoms with van der Waals surface area (Å²) in [6.07, 6.45) is 0.211. The van der Waals surface area contributed by atoms with Crippen LogP contribution in [0.2, 0.25) is 0 Å². The van der Waals surface area contributed by atoms with E-state index in [0.29, 0.717) is 6.61 Å². The number of benzene rings is 1. The fourth-order valence-corrected chi connectivity index (χ4v) is 1.32. The van der Waals surface area contributed by atoms with E-state index in [0.717, 1.165) is 11.1 Å². The lowest BCUT2D eigenvalue weighted by molar-refractivity contribution is -0.142. The first-order valence-corrected chi connectivity index (χ1v) is 4.57. The molecule has 0 radical (unpaired) electrons. The van der Waals surface area contributed by atoms with Gasteiger partial charge in [0.25, 0.3) is 0 Å². The zero-order chi connectivity index (χ0) is 10.6. The van der Waals surface area contributed by atoms with Crippen molar-refractivity contribution in [2.45, 2.75) is 20.3 Å². The summed E-state index contributed by atoms with van der Waals surface area (Å²) in [4.78, 5) is 11.1. The average molecular weight is 194 g/mol. The van der Waals surface area contributed by atoms with Crippen LogP contribution in [0.4, 0.5) is 0 Å². The van der Waals surface area contributed by atoms with E-state index in [1.54, 1.807) is 19.1 Å². The van der Waals surface area contributed by atoms with Gasteiger partial charge >= 0.3 is 5.97 Å². The third-order valence-electron chi connectivity index (χ3n) is 1.78. The van der Waals surface area contributed by atoms with Gasteiger partial charge in [-0.05, 0) is 37.1 Å².